The molecule has 0 amide bonds. The fraction of sp³-hybridized carbons (Fsp3) is 0.375. The van der Waals surface area contributed by atoms with E-state index in [1.807, 2.05) is 6.92 Å². The minimum Gasteiger partial charge on any atom is -0.370 e. The Morgan fingerprint density at radius 3 is 2.50 bits per heavy atom. The van der Waals surface area contributed by atoms with E-state index in [9.17, 15) is 0 Å². The molecule has 1 aromatic heterocycles. The van der Waals surface area contributed by atoms with Crippen LogP contribution in [0, 0.1) is 13.8 Å². The monoisotopic (exact) mass is 270 g/mol. The van der Waals surface area contributed by atoms with E-state index < -0.39 is 0 Å². The topological polar surface area (TPSA) is 49.8 Å². The molecule has 0 saturated heterocycles. The summed E-state index contributed by atoms with van der Waals surface area (Å²) in [6, 6.07) is 8.61. The van der Waals surface area contributed by atoms with E-state index in [1.165, 1.54) is 11.1 Å². The van der Waals surface area contributed by atoms with E-state index in [1.54, 1.807) is 6.33 Å². The third-order valence-corrected chi connectivity index (χ3v) is 3.44. The van der Waals surface area contributed by atoms with Gasteiger partial charge in [0.05, 0.1) is 6.04 Å². The molecule has 2 N–H and O–H groups in total. The maximum Gasteiger partial charge on any atom is 0.134 e. The molecule has 0 spiro atoms. The van der Waals surface area contributed by atoms with Crippen LogP contribution in [-0.2, 0) is 0 Å². The maximum atomic E-state index is 4.35. The molecule has 4 nitrogen and oxygen atoms in total. The summed E-state index contributed by atoms with van der Waals surface area (Å²) in [6.45, 7) is 9.22. The van der Waals surface area contributed by atoms with Gasteiger partial charge in [-0.05, 0) is 38.8 Å². The highest BCUT2D eigenvalue weighted by molar-refractivity contribution is 5.57. The summed E-state index contributed by atoms with van der Waals surface area (Å²) in [5.74, 6) is 1.77. The summed E-state index contributed by atoms with van der Waals surface area (Å²) < 4.78 is 0. The molecule has 1 unspecified atom stereocenters. The van der Waals surface area contributed by atoms with Crippen molar-refractivity contribution in [3.63, 3.8) is 0 Å². The second kappa shape index (κ2) is 6.37. The van der Waals surface area contributed by atoms with Crippen LogP contribution in [0.1, 0.15) is 36.6 Å². The van der Waals surface area contributed by atoms with Gasteiger partial charge >= 0.3 is 0 Å². The first-order valence-electron chi connectivity index (χ1n) is 7.01. The van der Waals surface area contributed by atoms with E-state index in [0.717, 1.165) is 23.7 Å². The molecule has 0 aliphatic carbocycles. The Labute approximate surface area is 120 Å². The fourth-order valence-corrected chi connectivity index (χ4v) is 2.30. The molecule has 106 valence electrons. The quantitative estimate of drug-likeness (QED) is 0.870. The van der Waals surface area contributed by atoms with Crippen molar-refractivity contribution in [2.45, 2.75) is 33.7 Å². The smallest absolute Gasteiger partial charge is 0.134 e. The number of nitrogens with zero attached hydrogens (tertiary/aromatic N) is 2. The van der Waals surface area contributed by atoms with E-state index in [2.05, 4.69) is 65.6 Å². The highest BCUT2D eigenvalue weighted by Gasteiger charge is 2.12. The van der Waals surface area contributed by atoms with E-state index in [0.29, 0.717) is 0 Å². The van der Waals surface area contributed by atoms with Gasteiger partial charge in [0.25, 0.3) is 0 Å². The van der Waals surface area contributed by atoms with Gasteiger partial charge in [0, 0.05) is 12.1 Å². The molecule has 1 atom stereocenters. The van der Waals surface area contributed by atoms with Gasteiger partial charge in [0.1, 0.15) is 18.0 Å². The second-order valence-electron chi connectivity index (χ2n) is 4.95. The number of benzene rings is 1. The van der Waals surface area contributed by atoms with Crippen LogP contribution >= 0.6 is 0 Å². The fourth-order valence-electron chi connectivity index (χ4n) is 2.30. The van der Waals surface area contributed by atoms with Crippen LogP contribution in [0.15, 0.2) is 30.6 Å². The lowest BCUT2D eigenvalue weighted by atomic mass is 10.0. The van der Waals surface area contributed by atoms with Crippen molar-refractivity contribution in [1.29, 1.82) is 0 Å². The second-order valence-corrected chi connectivity index (χ2v) is 4.95. The first-order chi connectivity index (χ1) is 9.63. The number of nitrogens with one attached hydrogen (secondary N) is 2. The Kier molecular flexibility index (Phi) is 4.56. The van der Waals surface area contributed by atoms with Crippen LogP contribution < -0.4 is 10.6 Å². The maximum absolute atomic E-state index is 4.35. The Hall–Kier alpha value is -2.10. The minimum atomic E-state index is 0.208. The lowest BCUT2D eigenvalue weighted by Crippen LogP contribution is -2.12. The van der Waals surface area contributed by atoms with Gasteiger partial charge < -0.3 is 10.6 Å². The summed E-state index contributed by atoms with van der Waals surface area (Å²) in [6.07, 6.45) is 1.60. The third-order valence-electron chi connectivity index (χ3n) is 3.44. The normalized spacial score (nSPS) is 12.0. The van der Waals surface area contributed by atoms with Crippen molar-refractivity contribution in [1.82, 2.24) is 9.97 Å². The molecular weight excluding hydrogens is 248 g/mol. The van der Waals surface area contributed by atoms with Crippen LogP contribution in [0.3, 0.4) is 0 Å². The zero-order valence-electron chi connectivity index (χ0n) is 12.6. The van der Waals surface area contributed by atoms with Crippen LogP contribution in [0.2, 0.25) is 0 Å². The molecule has 0 aliphatic heterocycles. The first kappa shape index (κ1) is 14.3. The van der Waals surface area contributed by atoms with Gasteiger partial charge in [0.2, 0.25) is 0 Å². The Bertz CT molecular complexity index is 580. The SMILES string of the molecule is CCNc1ncnc(NC(C)c2ccccc2C)c1C. The van der Waals surface area contributed by atoms with Gasteiger partial charge in [-0.25, -0.2) is 9.97 Å². The van der Waals surface area contributed by atoms with Crippen molar-refractivity contribution in [3.8, 4) is 0 Å². The van der Waals surface area contributed by atoms with Crippen LogP contribution in [0.4, 0.5) is 11.6 Å². The van der Waals surface area contributed by atoms with Crippen molar-refractivity contribution in [3.05, 3.63) is 47.3 Å². The molecule has 20 heavy (non-hydrogen) atoms. The Balaban J connectivity index is 2.22. The average molecular weight is 270 g/mol. The minimum absolute atomic E-state index is 0.208. The zero-order chi connectivity index (χ0) is 14.5. The van der Waals surface area contributed by atoms with Crippen LogP contribution in [-0.4, -0.2) is 16.5 Å². The summed E-state index contributed by atoms with van der Waals surface area (Å²) >= 11 is 0. The third kappa shape index (κ3) is 3.07. The molecule has 0 saturated carbocycles. The van der Waals surface area contributed by atoms with Gasteiger partial charge in [-0.2, -0.15) is 0 Å². The largest absolute Gasteiger partial charge is 0.370 e. The molecule has 0 bridgehead atoms. The van der Waals surface area contributed by atoms with E-state index >= 15 is 0 Å². The summed E-state index contributed by atoms with van der Waals surface area (Å²) in [5, 5.41) is 6.72. The van der Waals surface area contributed by atoms with Crippen LogP contribution in [0.25, 0.3) is 0 Å². The predicted molar refractivity (Wildman–Crippen MR) is 84.1 cm³/mol. The Morgan fingerprint density at radius 1 is 1.10 bits per heavy atom. The van der Waals surface area contributed by atoms with E-state index in [-0.39, 0.29) is 6.04 Å². The first-order valence-corrected chi connectivity index (χ1v) is 7.01. The lowest BCUT2D eigenvalue weighted by Gasteiger charge is -2.19. The van der Waals surface area contributed by atoms with Crippen molar-refractivity contribution in [2.24, 2.45) is 0 Å². The standard InChI is InChI=1S/C16H22N4/c1-5-17-15-12(3)16(19-10-18-15)20-13(4)14-9-7-6-8-11(14)2/h6-10,13H,5H2,1-4H3,(H2,17,18,19,20). The van der Waals surface area contributed by atoms with Gasteiger partial charge in [-0.1, -0.05) is 24.3 Å². The average Bonchev–Trinajstić information content (AvgIpc) is 2.44. The summed E-state index contributed by atoms with van der Waals surface area (Å²) in [4.78, 5) is 8.62. The highest BCUT2D eigenvalue weighted by atomic mass is 15.1. The molecule has 0 aliphatic rings. The summed E-state index contributed by atoms with van der Waals surface area (Å²) in [7, 11) is 0. The number of rotatable bonds is 5. The van der Waals surface area contributed by atoms with Crippen molar-refractivity contribution in [2.75, 3.05) is 17.2 Å². The zero-order valence-corrected chi connectivity index (χ0v) is 12.6. The van der Waals surface area contributed by atoms with Crippen LogP contribution in [0.5, 0.6) is 0 Å². The number of hydrogen-bond acceptors (Lipinski definition) is 4. The van der Waals surface area contributed by atoms with Crippen molar-refractivity contribution < 1.29 is 0 Å². The lowest BCUT2D eigenvalue weighted by molar-refractivity contribution is 0.859. The number of anilines is 2. The van der Waals surface area contributed by atoms with E-state index in [4.69, 9.17) is 0 Å². The van der Waals surface area contributed by atoms with Gasteiger partial charge in [-0.15, -0.1) is 0 Å². The Morgan fingerprint density at radius 2 is 1.80 bits per heavy atom. The molecule has 4 heteroatoms. The molecular formula is C16H22N4. The predicted octanol–water partition coefficient (Wildman–Crippen LogP) is 3.70. The molecule has 0 fully saturated rings. The highest BCUT2D eigenvalue weighted by Crippen LogP contribution is 2.24. The number of aryl methyl sites for hydroxylation is 1. The van der Waals surface area contributed by atoms with Gasteiger partial charge in [0.15, 0.2) is 0 Å². The molecule has 0 radical (unpaired) electrons. The van der Waals surface area contributed by atoms with Crippen molar-refractivity contribution >= 4 is 11.6 Å². The molecule has 2 aromatic rings. The molecule has 2 rings (SSSR count). The molecule has 1 heterocycles. The summed E-state index contributed by atoms with van der Waals surface area (Å²) in [5.41, 5.74) is 3.62. The van der Waals surface area contributed by atoms with Gasteiger partial charge in [-0.3, -0.25) is 0 Å². The molecule has 1 aromatic carbocycles. The number of hydrogen-bond donors (Lipinski definition) is 2. The number of aromatic nitrogens is 2.